The predicted octanol–water partition coefficient (Wildman–Crippen LogP) is 2.84. The van der Waals surface area contributed by atoms with Crippen LogP contribution in [0.4, 0.5) is 0 Å². The molecule has 1 aliphatic heterocycles. The van der Waals surface area contributed by atoms with Crippen LogP contribution >= 0.6 is 11.8 Å². The molecule has 1 saturated carbocycles. The summed E-state index contributed by atoms with van der Waals surface area (Å²) in [4.78, 5) is 4.02. The summed E-state index contributed by atoms with van der Waals surface area (Å²) in [7, 11) is 0. The Morgan fingerprint density at radius 2 is 2.00 bits per heavy atom. The maximum atomic E-state index is 6.27. The minimum absolute atomic E-state index is 0.463. The monoisotopic (exact) mass is 276 g/mol. The van der Waals surface area contributed by atoms with Gasteiger partial charge in [-0.05, 0) is 36.8 Å². The first-order valence-corrected chi connectivity index (χ1v) is 8.47. The van der Waals surface area contributed by atoms with Crippen LogP contribution in [0.2, 0.25) is 0 Å². The molecule has 0 amide bonds. The van der Waals surface area contributed by atoms with Crippen LogP contribution in [-0.4, -0.2) is 36.3 Å². The first-order chi connectivity index (χ1) is 9.33. The van der Waals surface area contributed by atoms with Crippen LogP contribution in [0.5, 0.6) is 0 Å². The van der Waals surface area contributed by atoms with Gasteiger partial charge in [-0.3, -0.25) is 0 Å². The number of hydrogen-bond donors (Lipinski definition) is 1. The summed E-state index contributed by atoms with van der Waals surface area (Å²) in [5.41, 5.74) is 6.27. The molecule has 1 heterocycles. The first-order valence-electron chi connectivity index (χ1n) is 7.49. The molecular weight excluding hydrogens is 252 g/mol. The molecule has 2 N–H and O–H groups in total. The Morgan fingerprint density at radius 3 is 2.79 bits per heavy atom. The third kappa shape index (κ3) is 3.33. The SMILES string of the molecule is NC1CCCC2CN(CCSc3ccccc3)CC12. The molecule has 0 spiro atoms. The fourth-order valence-corrected chi connectivity index (χ4v) is 4.54. The van der Waals surface area contributed by atoms with E-state index < -0.39 is 0 Å². The third-order valence-electron chi connectivity index (χ3n) is 4.65. The summed E-state index contributed by atoms with van der Waals surface area (Å²) >= 11 is 1.97. The lowest BCUT2D eigenvalue weighted by atomic mass is 9.78. The molecule has 0 radical (unpaired) electrons. The molecule has 3 atom stereocenters. The molecule has 1 aromatic rings. The van der Waals surface area contributed by atoms with Crippen molar-refractivity contribution in [1.82, 2.24) is 4.90 Å². The number of thioether (sulfide) groups is 1. The van der Waals surface area contributed by atoms with Crippen molar-refractivity contribution in [3.8, 4) is 0 Å². The van der Waals surface area contributed by atoms with Crippen molar-refractivity contribution < 1.29 is 0 Å². The summed E-state index contributed by atoms with van der Waals surface area (Å²) < 4.78 is 0. The summed E-state index contributed by atoms with van der Waals surface area (Å²) in [6.45, 7) is 3.73. The fraction of sp³-hybridized carbons (Fsp3) is 0.625. The van der Waals surface area contributed by atoms with E-state index in [-0.39, 0.29) is 0 Å². The lowest BCUT2D eigenvalue weighted by Crippen LogP contribution is -2.38. The molecule has 2 fully saturated rings. The summed E-state index contributed by atoms with van der Waals surface area (Å²) in [5.74, 6) is 2.85. The number of nitrogens with zero attached hydrogens (tertiary/aromatic N) is 1. The molecule has 0 aromatic heterocycles. The molecule has 0 bridgehead atoms. The van der Waals surface area contributed by atoms with Gasteiger partial charge in [0.25, 0.3) is 0 Å². The van der Waals surface area contributed by atoms with E-state index in [2.05, 4.69) is 35.2 Å². The Morgan fingerprint density at radius 1 is 1.16 bits per heavy atom. The molecule has 3 heteroatoms. The Bertz CT molecular complexity index is 395. The molecule has 1 aromatic carbocycles. The van der Waals surface area contributed by atoms with Crippen LogP contribution < -0.4 is 5.73 Å². The lowest BCUT2D eigenvalue weighted by Gasteiger charge is -2.29. The Kier molecular flexibility index (Phi) is 4.46. The van der Waals surface area contributed by atoms with E-state index in [4.69, 9.17) is 5.73 Å². The number of fused-ring (bicyclic) bond motifs is 1. The average Bonchev–Trinajstić information content (AvgIpc) is 2.84. The number of benzene rings is 1. The zero-order chi connectivity index (χ0) is 13.1. The van der Waals surface area contributed by atoms with E-state index in [1.807, 2.05) is 11.8 Å². The molecule has 1 saturated heterocycles. The predicted molar refractivity (Wildman–Crippen MR) is 82.4 cm³/mol. The highest BCUT2D eigenvalue weighted by atomic mass is 32.2. The van der Waals surface area contributed by atoms with Crippen LogP contribution in [0.25, 0.3) is 0 Å². The quantitative estimate of drug-likeness (QED) is 0.858. The van der Waals surface area contributed by atoms with Gasteiger partial charge in [0.1, 0.15) is 0 Å². The maximum Gasteiger partial charge on any atom is 0.0108 e. The third-order valence-corrected chi connectivity index (χ3v) is 5.64. The van der Waals surface area contributed by atoms with Crippen LogP contribution in [0.15, 0.2) is 35.2 Å². The topological polar surface area (TPSA) is 29.3 Å². The van der Waals surface area contributed by atoms with Gasteiger partial charge >= 0.3 is 0 Å². The first kappa shape index (κ1) is 13.5. The second kappa shape index (κ2) is 6.29. The molecule has 2 aliphatic rings. The second-order valence-corrected chi connectivity index (χ2v) is 7.11. The zero-order valence-electron chi connectivity index (χ0n) is 11.5. The van der Waals surface area contributed by atoms with Crippen molar-refractivity contribution in [3.05, 3.63) is 30.3 Å². The number of hydrogen-bond acceptors (Lipinski definition) is 3. The molecule has 19 heavy (non-hydrogen) atoms. The highest BCUT2D eigenvalue weighted by Crippen LogP contribution is 2.35. The summed E-state index contributed by atoms with van der Waals surface area (Å²) in [6, 6.07) is 11.2. The van der Waals surface area contributed by atoms with Crippen LogP contribution in [0.1, 0.15) is 19.3 Å². The lowest BCUT2D eigenvalue weighted by molar-refractivity contribution is 0.259. The molecule has 2 nitrogen and oxygen atoms in total. The molecule has 3 unspecified atom stereocenters. The van der Waals surface area contributed by atoms with Gasteiger partial charge in [0.15, 0.2) is 0 Å². The van der Waals surface area contributed by atoms with Gasteiger partial charge < -0.3 is 10.6 Å². The molecular formula is C16H24N2S. The zero-order valence-corrected chi connectivity index (χ0v) is 12.3. The van der Waals surface area contributed by atoms with E-state index in [0.29, 0.717) is 6.04 Å². The van der Waals surface area contributed by atoms with Crippen molar-refractivity contribution in [2.75, 3.05) is 25.4 Å². The summed E-state index contributed by atoms with van der Waals surface area (Å²) in [5, 5.41) is 0. The van der Waals surface area contributed by atoms with Gasteiger partial charge in [-0.15, -0.1) is 11.8 Å². The average molecular weight is 276 g/mol. The van der Waals surface area contributed by atoms with Gasteiger partial charge in [0.05, 0.1) is 0 Å². The van der Waals surface area contributed by atoms with E-state index in [0.717, 1.165) is 11.8 Å². The highest BCUT2D eigenvalue weighted by Gasteiger charge is 2.38. The number of nitrogens with two attached hydrogens (primary N) is 1. The van der Waals surface area contributed by atoms with Crippen molar-refractivity contribution in [2.45, 2.75) is 30.2 Å². The standard InChI is InChI=1S/C16H24N2S/c17-16-8-4-5-13-11-18(12-15(13)16)9-10-19-14-6-2-1-3-7-14/h1-3,6-7,13,15-16H,4-5,8-12,17H2. The maximum absolute atomic E-state index is 6.27. The van der Waals surface area contributed by atoms with Gasteiger partial charge in [0.2, 0.25) is 0 Å². The Balaban J connectivity index is 1.44. The number of likely N-dealkylation sites (tertiary alicyclic amines) is 1. The van der Waals surface area contributed by atoms with Gasteiger partial charge in [-0.25, -0.2) is 0 Å². The molecule has 104 valence electrons. The van der Waals surface area contributed by atoms with E-state index in [1.165, 1.54) is 49.5 Å². The summed E-state index contributed by atoms with van der Waals surface area (Å²) in [6.07, 6.45) is 3.99. The molecule has 1 aliphatic carbocycles. The normalized spacial score (nSPS) is 31.3. The van der Waals surface area contributed by atoms with Crippen LogP contribution in [0.3, 0.4) is 0 Å². The minimum atomic E-state index is 0.463. The fourth-order valence-electron chi connectivity index (χ4n) is 3.60. The Labute approximate surface area is 120 Å². The minimum Gasteiger partial charge on any atom is -0.327 e. The van der Waals surface area contributed by atoms with Gasteiger partial charge in [0, 0.05) is 36.3 Å². The van der Waals surface area contributed by atoms with Crippen molar-refractivity contribution in [1.29, 1.82) is 0 Å². The van der Waals surface area contributed by atoms with Crippen molar-refractivity contribution in [2.24, 2.45) is 17.6 Å². The van der Waals surface area contributed by atoms with Gasteiger partial charge in [-0.1, -0.05) is 24.6 Å². The number of rotatable bonds is 4. The second-order valence-electron chi connectivity index (χ2n) is 5.94. The van der Waals surface area contributed by atoms with Crippen LogP contribution in [0, 0.1) is 11.8 Å². The van der Waals surface area contributed by atoms with E-state index in [9.17, 15) is 0 Å². The van der Waals surface area contributed by atoms with E-state index >= 15 is 0 Å². The van der Waals surface area contributed by atoms with Crippen molar-refractivity contribution in [3.63, 3.8) is 0 Å². The van der Waals surface area contributed by atoms with Crippen molar-refractivity contribution >= 4 is 11.8 Å². The smallest absolute Gasteiger partial charge is 0.0108 e. The highest BCUT2D eigenvalue weighted by molar-refractivity contribution is 7.99. The van der Waals surface area contributed by atoms with Crippen LogP contribution in [-0.2, 0) is 0 Å². The van der Waals surface area contributed by atoms with E-state index in [1.54, 1.807) is 0 Å². The van der Waals surface area contributed by atoms with Gasteiger partial charge in [-0.2, -0.15) is 0 Å². The Hall–Kier alpha value is -0.510. The molecule has 3 rings (SSSR count). The largest absolute Gasteiger partial charge is 0.327 e.